The van der Waals surface area contributed by atoms with Gasteiger partial charge in [-0.25, -0.2) is 0 Å². The molecule has 0 amide bonds. The van der Waals surface area contributed by atoms with Gasteiger partial charge in [-0.1, -0.05) is 6.42 Å². The van der Waals surface area contributed by atoms with Crippen LogP contribution in [-0.4, -0.2) is 36.9 Å². The quantitative estimate of drug-likeness (QED) is 0.763. The van der Waals surface area contributed by atoms with Gasteiger partial charge in [0.25, 0.3) is 0 Å². The molecule has 0 spiro atoms. The fourth-order valence-corrected chi connectivity index (χ4v) is 2.66. The SMILES string of the molecule is COc1ccc(C(=O)CCN2CCCCC2C)cc1. The lowest BCUT2D eigenvalue weighted by Crippen LogP contribution is -2.38. The van der Waals surface area contributed by atoms with E-state index in [1.54, 1.807) is 7.11 Å². The molecule has 0 radical (unpaired) electrons. The van der Waals surface area contributed by atoms with Crippen molar-refractivity contribution in [3.63, 3.8) is 0 Å². The van der Waals surface area contributed by atoms with Gasteiger partial charge in [-0.3, -0.25) is 4.79 Å². The van der Waals surface area contributed by atoms with Crippen molar-refractivity contribution in [1.82, 2.24) is 4.90 Å². The molecule has 0 saturated carbocycles. The van der Waals surface area contributed by atoms with Gasteiger partial charge in [0.05, 0.1) is 7.11 Å². The summed E-state index contributed by atoms with van der Waals surface area (Å²) in [5.41, 5.74) is 0.783. The van der Waals surface area contributed by atoms with Gasteiger partial charge in [-0.05, 0) is 50.6 Å². The highest BCUT2D eigenvalue weighted by Gasteiger charge is 2.18. The third kappa shape index (κ3) is 3.80. The second-order valence-corrected chi connectivity index (χ2v) is 5.28. The number of hydrogen-bond acceptors (Lipinski definition) is 3. The van der Waals surface area contributed by atoms with Crippen molar-refractivity contribution < 1.29 is 9.53 Å². The summed E-state index contributed by atoms with van der Waals surface area (Å²) in [5, 5.41) is 0. The van der Waals surface area contributed by atoms with Gasteiger partial charge in [0, 0.05) is 24.6 Å². The van der Waals surface area contributed by atoms with Crippen LogP contribution in [0.1, 0.15) is 43.0 Å². The Labute approximate surface area is 115 Å². The summed E-state index contributed by atoms with van der Waals surface area (Å²) < 4.78 is 5.10. The molecule has 1 saturated heterocycles. The van der Waals surface area contributed by atoms with Crippen LogP contribution in [-0.2, 0) is 0 Å². The second-order valence-electron chi connectivity index (χ2n) is 5.28. The second kappa shape index (κ2) is 6.71. The molecule has 1 aliphatic heterocycles. The first-order valence-corrected chi connectivity index (χ1v) is 7.12. The van der Waals surface area contributed by atoms with Crippen molar-refractivity contribution in [3.05, 3.63) is 29.8 Å². The third-order valence-electron chi connectivity index (χ3n) is 3.98. The summed E-state index contributed by atoms with van der Waals surface area (Å²) in [6, 6.07) is 8.01. The van der Waals surface area contributed by atoms with E-state index in [0.717, 1.165) is 24.4 Å². The Kier molecular flexibility index (Phi) is 4.97. The number of ketones is 1. The lowest BCUT2D eigenvalue weighted by Gasteiger charge is -2.33. The number of carbonyl (C=O) groups excluding carboxylic acids is 1. The van der Waals surface area contributed by atoms with E-state index in [9.17, 15) is 4.79 Å². The summed E-state index contributed by atoms with van der Waals surface area (Å²) in [7, 11) is 1.63. The molecule has 1 aromatic carbocycles. The molecule has 1 atom stereocenters. The largest absolute Gasteiger partial charge is 0.497 e. The first kappa shape index (κ1) is 14.1. The molecule has 3 heteroatoms. The first-order chi connectivity index (χ1) is 9.20. The number of nitrogens with zero attached hydrogens (tertiary/aromatic N) is 1. The summed E-state index contributed by atoms with van der Waals surface area (Å²) in [4.78, 5) is 14.6. The summed E-state index contributed by atoms with van der Waals surface area (Å²) in [5.74, 6) is 1.02. The van der Waals surface area contributed by atoms with Crippen LogP contribution in [0.4, 0.5) is 0 Å². The lowest BCUT2D eigenvalue weighted by atomic mass is 10.0. The number of Topliss-reactive ketones (excluding diaryl/α,β-unsaturated/α-hetero) is 1. The van der Waals surface area contributed by atoms with Crippen LogP contribution in [0, 0.1) is 0 Å². The average molecular weight is 261 g/mol. The number of rotatable bonds is 5. The molecule has 3 nitrogen and oxygen atoms in total. The molecule has 0 bridgehead atoms. The average Bonchev–Trinajstić information content (AvgIpc) is 2.46. The minimum atomic E-state index is 0.223. The van der Waals surface area contributed by atoms with Gasteiger partial charge in [0.1, 0.15) is 5.75 Å². The van der Waals surface area contributed by atoms with Gasteiger partial charge in [0.15, 0.2) is 5.78 Å². The molecule has 1 aliphatic rings. The number of ether oxygens (including phenoxy) is 1. The zero-order valence-corrected chi connectivity index (χ0v) is 11.9. The Hall–Kier alpha value is -1.35. The number of hydrogen-bond donors (Lipinski definition) is 0. The van der Waals surface area contributed by atoms with Crippen LogP contribution in [0.15, 0.2) is 24.3 Å². The number of likely N-dealkylation sites (tertiary alicyclic amines) is 1. The molecular formula is C16H23NO2. The van der Waals surface area contributed by atoms with Crippen LogP contribution < -0.4 is 4.74 Å². The maximum absolute atomic E-state index is 12.1. The monoisotopic (exact) mass is 261 g/mol. The van der Waals surface area contributed by atoms with Crippen molar-refractivity contribution in [2.24, 2.45) is 0 Å². The van der Waals surface area contributed by atoms with E-state index >= 15 is 0 Å². The van der Waals surface area contributed by atoms with Crippen molar-refractivity contribution >= 4 is 5.78 Å². The van der Waals surface area contributed by atoms with E-state index in [2.05, 4.69) is 11.8 Å². The number of benzene rings is 1. The molecule has 104 valence electrons. The van der Waals surface area contributed by atoms with Crippen LogP contribution in [0.5, 0.6) is 5.75 Å². The Morgan fingerprint density at radius 3 is 2.68 bits per heavy atom. The van der Waals surface area contributed by atoms with Crippen molar-refractivity contribution in [2.75, 3.05) is 20.2 Å². The van der Waals surface area contributed by atoms with Crippen LogP contribution in [0.3, 0.4) is 0 Å². The molecule has 2 rings (SSSR count). The Bertz CT molecular complexity index is 413. The predicted molar refractivity (Wildman–Crippen MR) is 76.8 cm³/mol. The van der Waals surface area contributed by atoms with E-state index < -0.39 is 0 Å². The molecule has 19 heavy (non-hydrogen) atoms. The highest BCUT2D eigenvalue weighted by molar-refractivity contribution is 5.96. The number of piperidine rings is 1. The first-order valence-electron chi connectivity index (χ1n) is 7.12. The maximum Gasteiger partial charge on any atom is 0.164 e. The van der Waals surface area contributed by atoms with E-state index in [1.807, 2.05) is 24.3 Å². The van der Waals surface area contributed by atoms with Crippen molar-refractivity contribution in [1.29, 1.82) is 0 Å². The van der Waals surface area contributed by atoms with E-state index in [-0.39, 0.29) is 5.78 Å². The smallest absolute Gasteiger partial charge is 0.164 e. The molecule has 0 aliphatic carbocycles. The van der Waals surface area contributed by atoms with Gasteiger partial charge in [-0.15, -0.1) is 0 Å². The zero-order valence-electron chi connectivity index (χ0n) is 11.9. The topological polar surface area (TPSA) is 29.5 Å². The van der Waals surface area contributed by atoms with Gasteiger partial charge in [0.2, 0.25) is 0 Å². The molecular weight excluding hydrogens is 238 g/mol. The summed E-state index contributed by atoms with van der Waals surface area (Å²) in [6.07, 6.45) is 4.46. The van der Waals surface area contributed by atoms with Crippen LogP contribution in [0.25, 0.3) is 0 Å². The standard InChI is InChI=1S/C16H23NO2/c1-13-5-3-4-11-17(13)12-10-16(18)14-6-8-15(19-2)9-7-14/h6-9,13H,3-5,10-12H2,1-2H3. The minimum absolute atomic E-state index is 0.223. The third-order valence-corrected chi connectivity index (χ3v) is 3.98. The number of methoxy groups -OCH3 is 1. The molecule has 1 fully saturated rings. The van der Waals surface area contributed by atoms with E-state index in [0.29, 0.717) is 12.5 Å². The molecule has 1 unspecified atom stereocenters. The summed E-state index contributed by atoms with van der Waals surface area (Å²) >= 11 is 0. The summed E-state index contributed by atoms with van der Waals surface area (Å²) in [6.45, 7) is 4.28. The fourth-order valence-electron chi connectivity index (χ4n) is 2.66. The van der Waals surface area contributed by atoms with Gasteiger partial charge < -0.3 is 9.64 Å². The maximum atomic E-state index is 12.1. The molecule has 1 aromatic rings. The van der Waals surface area contributed by atoms with Crippen molar-refractivity contribution in [3.8, 4) is 5.75 Å². The van der Waals surface area contributed by atoms with Gasteiger partial charge in [-0.2, -0.15) is 0 Å². The molecule has 0 aromatic heterocycles. The minimum Gasteiger partial charge on any atom is -0.497 e. The van der Waals surface area contributed by atoms with Crippen LogP contribution >= 0.6 is 0 Å². The highest BCUT2D eigenvalue weighted by Crippen LogP contribution is 2.17. The fraction of sp³-hybridized carbons (Fsp3) is 0.562. The van der Waals surface area contributed by atoms with E-state index in [1.165, 1.54) is 19.3 Å². The molecule has 1 heterocycles. The highest BCUT2D eigenvalue weighted by atomic mass is 16.5. The lowest BCUT2D eigenvalue weighted by molar-refractivity contribution is 0.0935. The number of carbonyl (C=O) groups is 1. The van der Waals surface area contributed by atoms with Crippen molar-refractivity contribution in [2.45, 2.75) is 38.6 Å². The Morgan fingerprint density at radius 1 is 1.32 bits per heavy atom. The van der Waals surface area contributed by atoms with Gasteiger partial charge >= 0.3 is 0 Å². The van der Waals surface area contributed by atoms with E-state index in [4.69, 9.17) is 4.74 Å². The zero-order chi connectivity index (χ0) is 13.7. The predicted octanol–water partition coefficient (Wildman–Crippen LogP) is 3.14. The normalized spacial score (nSPS) is 20.2. The van der Waals surface area contributed by atoms with Crippen LogP contribution in [0.2, 0.25) is 0 Å². The Morgan fingerprint density at radius 2 is 2.05 bits per heavy atom. The molecule has 0 N–H and O–H groups in total. The Balaban J connectivity index is 1.86.